The van der Waals surface area contributed by atoms with Crippen molar-refractivity contribution < 1.29 is 4.52 Å². The molecule has 82 valence electrons. The zero-order chi connectivity index (χ0) is 9.80. The first-order valence-corrected chi connectivity index (χ1v) is 5.25. The minimum Gasteiger partial charge on any atom is -0.338 e. The van der Waals surface area contributed by atoms with E-state index in [1.165, 1.54) is 4.88 Å². The van der Waals surface area contributed by atoms with Gasteiger partial charge in [0.25, 0.3) is 0 Å². The van der Waals surface area contributed by atoms with E-state index in [1.54, 1.807) is 11.3 Å². The molecule has 0 radical (unpaired) electrons. The van der Waals surface area contributed by atoms with Crippen LogP contribution in [0.2, 0.25) is 0 Å². The van der Waals surface area contributed by atoms with Gasteiger partial charge in [0.05, 0.1) is 6.54 Å². The number of rotatable bonds is 4. The molecule has 4 nitrogen and oxygen atoms in total. The molecule has 0 aliphatic rings. The SMILES string of the molecule is CNCc1nc(Cc2cccs2)no1.Cl. The second-order valence-corrected chi connectivity index (χ2v) is 3.92. The molecular weight excluding hydrogens is 234 g/mol. The van der Waals surface area contributed by atoms with Crippen LogP contribution in [-0.4, -0.2) is 17.2 Å². The van der Waals surface area contributed by atoms with Gasteiger partial charge in [0, 0.05) is 11.3 Å². The molecular formula is C9H12ClN3OS. The number of nitrogens with zero attached hydrogens (tertiary/aromatic N) is 2. The topological polar surface area (TPSA) is 51.0 Å². The van der Waals surface area contributed by atoms with E-state index >= 15 is 0 Å². The molecule has 0 aliphatic carbocycles. The maximum atomic E-state index is 5.03. The van der Waals surface area contributed by atoms with E-state index in [-0.39, 0.29) is 12.4 Å². The van der Waals surface area contributed by atoms with Gasteiger partial charge in [-0.15, -0.1) is 23.7 Å². The standard InChI is InChI=1S/C9H11N3OS.ClH/c1-10-6-9-11-8(12-13-9)5-7-3-2-4-14-7;/h2-4,10H,5-6H2,1H3;1H. The largest absolute Gasteiger partial charge is 0.338 e. The van der Waals surface area contributed by atoms with Gasteiger partial charge in [-0.3, -0.25) is 0 Å². The van der Waals surface area contributed by atoms with Crippen molar-refractivity contribution in [3.05, 3.63) is 34.1 Å². The van der Waals surface area contributed by atoms with E-state index in [4.69, 9.17) is 4.52 Å². The van der Waals surface area contributed by atoms with Crippen LogP contribution in [0.15, 0.2) is 22.0 Å². The predicted octanol–water partition coefficient (Wildman–Crippen LogP) is 1.86. The van der Waals surface area contributed by atoms with Crippen LogP contribution in [0.1, 0.15) is 16.6 Å². The summed E-state index contributed by atoms with van der Waals surface area (Å²) in [6.07, 6.45) is 0.755. The van der Waals surface area contributed by atoms with E-state index in [2.05, 4.69) is 21.5 Å². The summed E-state index contributed by atoms with van der Waals surface area (Å²) in [6.45, 7) is 0.622. The van der Waals surface area contributed by atoms with E-state index in [1.807, 2.05) is 18.5 Å². The molecule has 2 heterocycles. The van der Waals surface area contributed by atoms with Crippen LogP contribution in [0.5, 0.6) is 0 Å². The average molecular weight is 246 g/mol. The Morgan fingerprint density at radius 2 is 2.40 bits per heavy atom. The third-order valence-corrected chi connectivity index (χ3v) is 2.63. The van der Waals surface area contributed by atoms with Crippen LogP contribution in [-0.2, 0) is 13.0 Å². The Labute approximate surface area is 98.1 Å². The van der Waals surface area contributed by atoms with Crippen molar-refractivity contribution in [1.29, 1.82) is 0 Å². The van der Waals surface area contributed by atoms with Gasteiger partial charge in [-0.05, 0) is 18.5 Å². The normalized spacial score (nSPS) is 9.93. The summed E-state index contributed by atoms with van der Waals surface area (Å²) in [6, 6.07) is 4.09. The van der Waals surface area contributed by atoms with Crippen molar-refractivity contribution in [2.24, 2.45) is 0 Å². The Balaban J connectivity index is 0.00000112. The first kappa shape index (κ1) is 12.2. The molecule has 0 saturated carbocycles. The lowest BCUT2D eigenvalue weighted by atomic mass is 10.3. The van der Waals surface area contributed by atoms with Crippen LogP contribution < -0.4 is 5.32 Å². The fraction of sp³-hybridized carbons (Fsp3) is 0.333. The molecule has 0 spiro atoms. The summed E-state index contributed by atoms with van der Waals surface area (Å²) < 4.78 is 5.03. The van der Waals surface area contributed by atoms with Crippen molar-refractivity contribution >= 4 is 23.7 Å². The van der Waals surface area contributed by atoms with Crippen LogP contribution in [0.25, 0.3) is 0 Å². The maximum Gasteiger partial charge on any atom is 0.240 e. The molecule has 2 rings (SSSR count). The smallest absolute Gasteiger partial charge is 0.240 e. The molecule has 2 aromatic heterocycles. The Bertz CT molecular complexity index is 388. The Kier molecular flexibility index (Phi) is 4.74. The van der Waals surface area contributed by atoms with Crippen LogP contribution in [0.4, 0.5) is 0 Å². The minimum absolute atomic E-state index is 0. The minimum atomic E-state index is 0. The molecule has 0 saturated heterocycles. The molecule has 0 aliphatic heterocycles. The van der Waals surface area contributed by atoms with E-state index in [0.29, 0.717) is 12.4 Å². The van der Waals surface area contributed by atoms with E-state index in [0.717, 1.165) is 12.2 Å². The first-order valence-electron chi connectivity index (χ1n) is 4.37. The number of thiophene rings is 1. The number of halogens is 1. The van der Waals surface area contributed by atoms with Crippen LogP contribution in [0.3, 0.4) is 0 Å². The van der Waals surface area contributed by atoms with Gasteiger partial charge in [-0.2, -0.15) is 4.98 Å². The second-order valence-electron chi connectivity index (χ2n) is 2.89. The number of hydrogen-bond acceptors (Lipinski definition) is 5. The quantitative estimate of drug-likeness (QED) is 0.894. The maximum absolute atomic E-state index is 5.03. The summed E-state index contributed by atoms with van der Waals surface area (Å²) >= 11 is 1.70. The molecule has 1 N–H and O–H groups in total. The lowest BCUT2D eigenvalue weighted by molar-refractivity contribution is 0.367. The van der Waals surface area contributed by atoms with Crippen LogP contribution >= 0.6 is 23.7 Å². The Morgan fingerprint density at radius 3 is 3.07 bits per heavy atom. The summed E-state index contributed by atoms with van der Waals surface area (Å²) in [7, 11) is 1.85. The molecule has 0 unspecified atom stereocenters. The number of nitrogens with one attached hydrogen (secondary N) is 1. The Morgan fingerprint density at radius 1 is 1.53 bits per heavy atom. The average Bonchev–Trinajstić information content (AvgIpc) is 2.79. The highest BCUT2D eigenvalue weighted by atomic mass is 35.5. The summed E-state index contributed by atoms with van der Waals surface area (Å²) in [5.74, 6) is 1.39. The summed E-state index contributed by atoms with van der Waals surface area (Å²) in [5.41, 5.74) is 0. The Hall–Kier alpha value is -0.910. The van der Waals surface area contributed by atoms with Gasteiger partial charge in [0.2, 0.25) is 5.89 Å². The number of aromatic nitrogens is 2. The highest BCUT2D eigenvalue weighted by Gasteiger charge is 2.06. The monoisotopic (exact) mass is 245 g/mol. The highest BCUT2D eigenvalue weighted by molar-refractivity contribution is 7.09. The molecule has 15 heavy (non-hydrogen) atoms. The van der Waals surface area contributed by atoms with Crippen LogP contribution in [0, 0.1) is 0 Å². The van der Waals surface area contributed by atoms with Crippen molar-refractivity contribution in [3.63, 3.8) is 0 Å². The van der Waals surface area contributed by atoms with E-state index < -0.39 is 0 Å². The van der Waals surface area contributed by atoms with Crippen molar-refractivity contribution in [2.45, 2.75) is 13.0 Å². The predicted molar refractivity (Wildman–Crippen MR) is 61.4 cm³/mol. The van der Waals surface area contributed by atoms with E-state index in [9.17, 15) is 0 Å². The van der Waals surface area contributed by atoms with Gasteiger partial charge < -0.3 is 9.84 Å². The van der Waals surface area contributed by atoms with Gasteiger partial charge in [-0.1, -0.05) is 11.2 Å². The van der Waals surface area contributed by atoms with Gasteiger partial charge >= 0.3 is 0 Å². The van der Waals surface area contributed by atoms with Crippen molar-refractivity contribution in [1.82, 2.24) is 15.5 Å². The third kappa shape index (κ3) is 3.30. The van der Waals surface area contributed by atoms with Gasteiger partial charge in [-0.25, -0.2) is 0 Å². The fourth-order valence-electron chi connectivity index (χ4n) is 1.15. The van der Waals surface area contributed by atoms with Gasteiger partial charge in [0.15, 0.2) is 5.82 Å². The van der Waals surface area contributed by atoms with Gasteiger partial charge in [0.1, 0.15) is 0 Å². The fourth-order valence-corrected chi connectivity index (χ4v) is 1.86. The molecule has 0 atom stereocenters. The summed E-state index contributed by atoms with van der Waals surface area (Å²) in [5, 5.41) is 8.90. The molecule has 0 bridgehead atoms. The first-order chi connectivity index (χ1) is 6.88. The zero-order valence-electron chi connectivity index (χ0n) is 8.27. The lowest BCUT2D eigenvalue weighted by Crippen LogP contribution is -2.05. The number of hydrogen-bond donors (Lipinski definition) is 1. The molecule has 0 aromatic carbocycles. The lowest BCUT2D eigenvalue weighted by Gasteiger charge is -1.88. The molecule has 2 aromatic rings. The molecule has 6 heteroatoms. The molecule has 0 fully saturated rings. The third-order valence-electron chi connectivity index (χ3n) is 1.75. The highest BCUT2D eigenvalue weighted by Crippen LogP contribution is 2.12. The molecule has 0 amide bonds. The summed E-state index contributed by atoms with van der Waals surface area (Å²) in [4.78, 5) is 5.49. The van der Waals surface area contributed by atoms with Crippen molar-refractivity contribution in [3.8, 4) is 0 Å². The zero-order valence-corrected chi connectivity index (χ0v) is 9.90. The van der Waals surface area contributed by atoms with Crippen molar-refractivity contribution in [2.75, 3.05) is 7.05 Å². The second kappa shape index (κ2) is 5.85.